The molecule has 0 bridgehead atoms. The van der Waals surface area contributed by atoms with Crippen molar-refractivity contribution < 1.29 is 14.3 Å². The van der Waals surface area contributed by atoms with Crippen LogP contribution in [0, 0.1) is 11.8 Å². The molecule has 6 heteroatoms. The second-order valence-electron chi connectivity index (χ2n) is 5.98. The van der Waals surface area contributed by atoms with Crippen molar-refractivity contribution in [1.82, 2.24) is 5.32 Å². The van der Waals surface area contributed by atoms with E-state index in [1.165, 1.54) is 0 Å². The van der Waals surface area contributed by atoms with Crippen LogP contribution >= 0.6 is 11.6 Å². The Balaban J connectivity index is 1.50. The first-order valence-corrected chi connectivity index (χ1v) is 8.42. The highest BCUT2D eigenvalue weighted by Crippen LogP contribution is 2.39. The molecular formula is C19H19ClN2O3. The predicted octanol–water partition coefficient (Wildman–Crippen LogP) is 3.24. The summed E-state index contributed by atoms with van der Waals surface area (Å²) >= 11 is 6.07. The van der Waals surface area contributed by atoms with Crippen molar-refractivity contribution in [2.24, 2.45) is 11.8 Å². The number of carbonyl (C=O) groups excluding carboxylic acids is 2. The smallest absolute Gasteiger partial charge is 0.228 e. The van der Waals surface area contributed by atoms with Crippen LogP contribution in [0.15, 0.2) is 48.5 Å². The van der Waals surface area contributed by atoms with Gasteiger partial charge in [-0.3, -0.25) is 9.59 Å². The number of carbonyl (C=O) groups is 2. The molecule has 2 unspecified atom stereocenters. The van der Waals surface area contributed by atoms with E-state index < -0.39 is 0 Å². The normalized spacial score (nSPS) is 18.3. The molecule has 0 heterocycles. The van der Waals surface area contributed by atoms with Gasteiger partial charge in [0.05, 0.1) is 18.9 Å². The molecule has 0 aromatic heterocycles. The summed E-state index contributed by atoms with van der Waals surface area (Å²) < 4.78 is 5.13. The van der Waals surface area contributed by atoms with Gasteiger partial charge in [0.25, 0.3) is 0 Å². The predicted molar refractivity (Wildman–Crippen MR) is 96.5 cm³/mol. The maximum absolute atomic E-state index is 12.3. The summed E-state index contributed by atoms with van der Waals surface area (Å²) in [5.74, 6) is -0.176. The third-order valence-electron chi connectivity index (χ3n) is 4.21. The van der Waals surface area contributed by atoms with Gasteiger partial charge in [-0.2, -0.15) is 0 Å². The van der Waals surface area contributed by atoms with E-state index in [4.69, 9.17) is 16.3 Å². The first-order chi connectivity index (χ1) is 12.1. The molecule has 5 nitrogen and oxygen atoms in total. The van der Waals surface area contributed by atoms with Crippen molar-refractivity contribution in [2.75, 3.05) is 12.4 Å². The molecule has 2 atom stereocenters. The van der Waals surface area contributed by atoms with Crippen LogP contribution in [-0.2, 0) is 16.1 Å². The van der Waals surface area contributed by atoms with Gasteiger partial charge in [-0.15, -0.1) is 0 Å². The van der Waals surface area contributed by atoms with Gasteiger partial charge >= 0.3 is 0 Å². The molecule has 0 radical (unpaired) electrons. The largest absolute Gasteiger partial charge is 0.497 e. The number of nitrogens with one attached hydrogen (secondary N) is 2. The number of amides is 2. The zero-order chi connectivity index (χ0) is 17.8. The average molecular weight is 359 g/mol. The second-order valence-corrected chi connectivity index (χ2v) is 6.39. The number of hydrogen-bond donors (Lipinski definition) is 2. The number of rotatable bonds is 6. The van der Waals surface area contributed by atoms with E-state index in [0.717, 1.165) is 5.56 Å². The van der Waals surface area contributed by atoms with E-state index in [9.17, 15) is 9.59 Å². The van der Waals surface area contributed by atoms with E-state index in [-0.39, 0.29) is 23.7 Å². The van der Waals surface area contributed by atoms with Crippen LogP contribution in [0.5, 0.6) is 5.75 Å². The molecule has 0 aliphatic heterocycles. The quantitative estimate of drug-likeness (QED) is 0.833. The topological polar surface area (TPSA) is 67.4 Å². The van der Waals surface area contributed by atoms with Crippen molar-refractivity contribution in [3.8, 4) is 5.75 Å². The highest BCUT2D eigenvalue weighted by atomic mass is 35.5. The fraction of sp³-hybridized carbons (Fsp3) is 0.263. The highest BCUT2D eigenvalue weighted by molar-refractivity contribution is 6.31. The van der Waals surface area contributed by atoms with Gasteiger partial charge in [-0.25, -0.2) is 0 Å². The lowest BCUT2D eigenvalue weighted by atomic mass is 10.2. The number of anilines is 1. The Bertz CT molecular complexity index is 794. The molecular weight excluding hydrogens is 340 g/mol. The van der Waals surface area contributed by atoms with Gasteiger partial charge in [0.2, 0.25) is 11.8 Å². The van der Waals surface area contributed by atoms with Crippen molar-refractivity contribution in [2.45, 2.75) is 13.0 Å². The number of methoxy groups -OCH3 is 1. The number of benzene rings is 2. The number of halogens is 1. The summed E-state index contributed by atoms with van der Waals surface area (Å²) in [6, 6.07) is 14.5. The molecule has 0 spiro atoms. The first kappa shape index (κ1) is 17.3. The lowest BCUT2D eigenvalue weighted by Crippen LogP contribution is -2.27. The minimum Gasteiger partial charge on any atom is -0.497 e. The minimum atomic E-state index is -0.294. The van der Waals surface area contributed by atoms with E-state index in [1.807, 2.05) is 18.2 Å². The van der Waals surface area contributed by atoms with Crippen LogP contribution in [0.4, 0.5) is 5.69 Å². The molecule has 1 aliphatic rings. The minimum absolute atomic E-state index is 0.120. The molecule has 3 rings (SSSR count). The number of ether oxygens (including phenoxy) is 1. The monoisotopic (exact) mass is 358 g/mol. The lowest BCUT2D eigenvalue weighted by Gasteiger charge is -2.08. The summed E-state index contributed by atoms with van der Waals surface area (Å²) in [4.78, 5) is 24.5. The fourth-order valence-electron chi connectivity index (χ4n) is 2.67. The molecule has 25 heavy (non-hydrogen) atoms. The second kappa shape index (κ2) is 7.57. The van der Waals surface area contributed by atoms with Crippen molar-refractivity contribution >= 4 is 29.1 Å². The third-order valence-corrected chi connectivity index (χ3v) is 4.58. The Hall–Kier alpha value is -2.53. The molecule has 2 amide bonds. The van der Waals surface area contributed by atoms with Crippen molar-refractivity contribution in [3.63, 3.8) is 0 Å². The summed E-state index contributed by atoms with van der Waals surface area (Å²) in [5.41, 5.74) is 1.52. The van der Waals surface area contributed by atoms with Gasteiger partial charge in [-0.05, 0) is 30.2 Å². The standard InChI is InChI=1S/C19H19ClN2O3/c1-25-14-7-4-6-13(9-14)22-19(24)16-10-15(16)18(23)21-11-12-5-2-3-8-17(12)20/h2-9,15-16H,10-11H2,1H3,(H,21,23)(H,22,24). The van der Waals surface area contributed by atoms with Gasteiger partial charge in [0, 0.05) is 23.3 Å². The van der Waals surface area contributed by atoms with Gasteiger partial charge < -0.3 is 15.4 Å². The molecule has 1 aliphatic carbocycles. The van der Waals surface area contributed by atoms with Crippen LogP contribution in [0.3, 0.4) is 0 Å². The number of hydrogen-bond acceptors (Lipinski definition) is 3. The summed E-state index contributed by atoms with van der Waals surface area (Å²) in [7, 11) is 1.57. The Labute approximate surface area is 151 Å². The summed E-state index contributed by atoms with van der Waals surface area (Å²) in [6.07, 6.45) is 0.560. The molecule has 1 saturated carbocycles. The molecule has 2 aromatic rings. The highest BCUT2D eigenvalue weighted by Gasteiger charge is 2.47. The zero-order valence-electron chi connectivity index (χ0n) is 13.8. The van der Waals surface area contributed by atoms with Crippen LogP contribution in [-0.4, -0.2) is 18.9 Å². The summed E-state index contributed by atoms with van der Waals surface area (Å²) in [6.45, 7) is 0.360. The zero-order valence-corrected chi connectivity index (χ0v) is 14.5. The average Bonchev–Trinajstić information content (AvgIpc) is 3.42. The molecule has 130 valence electrons. The van der Waals surface area contributed by atoms with Crippen molar-refractivity contribution in [3.05, 3.63) is 59.1 Å². The Kier molecular flexibility index (Phi) is 5.24. The van der Waals surface area contributed by atoms with Gasteiger partial charge in [-0.1, -0.05) is 35.9 Å². The molecule has 2 N–H and O–H groups in total. The third kappa shape index (κ3) is 4.31. The first-order valence-electron chi connectivity index (χ1n) is 8.04. The fourth-order valence-corrected chi connectivity index (χ4v) is 2.87. The van der Waals surface area contributed by atoms with Crippen molar-refractivity contribution in [1.29, 1.82) is 0 Å². The lowest BCUT2D eigenvalue weighted by molar-refractivity contribution is -0.125. The Morgan fingerprint density at radius 2 is 1.88 bits per heavy atom. The Morgan fingerprint density at radius 1 is 1.12 bits per heavy atom. The molecule has 0 saturated heterocycles. The van der Waals surface area contributed by atoms with Crippen LogP contribution in [0.1, 0.15) is 12.0 Å². The van der Waals surface area contributed by atoms with E-state index in [1.54, 1.807) is 37.4 Å². The van der Waals surface area contributed by atoms with Crippen LogP contribution < -0.4 is 15.4 Å². The maximum Gasteiger partial charge on any atom is 0.228 e. The van der Waals surface area contributed by atoms with Crippen LogP contribution in [0.2, 0.25) is 5.02 Å². The van der Waals surface area contributed by atoms with Gasteiger partial charge in [0.1, 0.15) is 5.75 Å². The molecule has 1 fully saturated rings. The van der Waals surface area contributed by atoms with E-state index >= 15 is 0 Å². The molecule has 2 aromatic carbocycles. The maximum atomic E-state index is 12.3. The summed E-state index contributed by atoms with van der Waals surface area (Å²) in [5, 5.41) is 6.29. The Morgan fingerprint density at radius 3 is 2.64 bits per heavy atom. The van der Waals surface area contributed by atoms with E-state index in [2.05, 4.69) is 10.6 Å². The van der Waals surface area contributed by atoms with E-state index in [0.29, 0.717) is 29.4 Å². The van der Waals surface area contributed by atoms with Crippen LogP contribution in [0.25, 0.3) is 0 Å². The van der Waals surface area contributed by atoms with Gasteiger partial charge in [0.15, 0.2) is 0 Å². The SMILES string of the molecule is COc1cccc(NC(=O)C2CC2C(=O)NCc2ccccc2Cl)c1.